The summed E-state index contributed by atoms with van der Waals surface area (Å²) in [6, 6.07) is 46.8. The Kier molecular flexibility index (Phi) is 5.41. The lowest BCUT2D eigenvalue weighted by atomic mass is 9.86. The zero-order chi connectivity index (χ0) is 33.9. The summed E-state index contributed by atoms with van der Waals surface area (Å²) in [5, 5.41) is 9.81. The highest BCUT2D eigenvalue weighted by Gasteiger charge is 2.22. The molecule has 0 fully saturated rings. The minimum atomic E-state index is 0.574. The summed E-state index contributed by atoms with van der Waals surface area (Å²) in [6.07, 6.45) is 5.81. The van der Waals surface area contributed by atoms with Gasteiger partial charge < -0.3 is 4.42 Å². The van der Waals surface area contributed by atoms with Crippen LogP contribution in [0.1, 0.15) is 0 Å². The van der Waals surface area contributed by atoms with Crippen LogP contribution in [0.15, 0.2) is 156 Å². The summed E-state index contributed by atoms with van der Waals surface area (Å²) in [7, 11) is 0. The van der Waals surface area contributed by atoms with Crippen LogP contribution in [0.2, 0.25) is 0 Å². The SMILES string of the molecule is c1ccc2c(c1)oc1nc3c(-c4cnc5c(c4)c4cccc6c4-c4c(ccnc4c4ccccc4c4ncccc64)c4ccccc45)cccc3n12. The summed E-state index contributed by atoms with van der Waals surface area (Å²) in [6.45, 7) is 0. The third kappa shape index (κ3) is 3.62. The van der Waals surface area contributed by atoms with E-state index in [1.54, 1.807) is 0 Å². The molecule has 0 N–H and O–H groups in total. The van der Waals surface area contributed by atoms with E-state index in [0.717, 1.165) is 109 Å². The van der Waals surface area contributed by atoms with Crippen molar-refractivity contribution >= 4 is 93.0 Å². The van der Waals surface area contributed by atoms with Crippen LogP contribution in [0.4, 0.5) is 0 Å². The standard InChI is InChI=1S/C46H25N5O/c1-2-11-32-28(10-1)31-21-23-48-45-35-13-4-3-12-34(35)42-33(17-9-22-47-42)29-15-7-16-30(40(29)41(31)45)36-24-26(25-49-43(32)36)27-14-8-19-38-44(27)50-46-51(38)37-18-5-6-20-39(37)52-46/h1-25H. The van der Waals surface area contributed by atoms with Crippen molar-refractivity contribution in [1.29, 1.82) is 0 Å². The molecule has 0 amide bonds. The second-order valence-corrected chi connectivity index (χ2v) is 13.4. The predicted molar refractivity (Wildman–Crippen MR) is 212 cm³/mol. The topological polar surface area (TPSA) is 69.1 Å². The van der Waals surface area contributed by atoms with Crippen LogP contribution in [0, 0.1) is 0 Å². The third-order valence-electron chi connectivity index (χ3n) is 10.7. The predicted octanol–water partition coefficient (Wildman–Crippen LogP) is 11.7. The van der Waals surface area contributed by atoms with Gasteiger partial charge in [0.1, 0.15) is 5.52 Å². The van der Waals surface area contributed by atoms with Crippen LogP contribution < -0.4 is 0 Å². The highest BCUT2D eigenvalue weighted by Crippen LogP contribution is 2.46. The molecule has 0 radical (unpaired) electrons. The maximum atomic E-state index is 6.20. The largest absolute Gasteiger partial charge is 0.423 e. The van der Waals surface area contributed by atoms with E-state index in [-0.39, 0.29) is 0 Å². The third-order valence-corrected chi connectivity index (χ3v) is 10.7. The molecule has 240 valence electrons. The van der Waals surface area contributed by atoms with E-state index >= 15 is 0 Å². The van der Waals surface area contributed by atoms with Gasteiger partial charge in [-0.2, -0.15) is 4.98 Å². The van der Waals surface area contributed by atoms with E-state index in [2.05, 4.69) is 114 Å². The van der Waals surface area contributed by atoms with Gasteiger partial charge in [0.25, 0.3) is 0 Å². The van der Waals surface area contributed by atoms with Gasteiger partial charge in [-0.05, 0) is 57.9 Å². The lowest BCUT2D eigenvalue weighted by Gasteiger charge is -2.18. The van der Waals surface area contributed by atoms with Crippen LogP contribution >= 0.6 is 0 Å². The molecule has 0 saturated carbocycles. The molecule has 10 aromatic rings. The van der Waals surface area contributed by atoms with Gasteiger partial charge >= 0.3 is 5.84 Å². The van der Waals surface area contributed by atoms with E-state index in [9.17, 15) is 0 Å². The van der Waals surface area contributed by atoms with E-state index in [4.69, 9.17) is 24.4 Å². The Hall–Kier alpha value is -7.18. The summed E-state index contributed by atoms with van der Waals surface area (Å²) < 4.78 is 8.30. The number of hydrogen-bond acceptors (Lipinski definition) is 5. The summed E-state index contributed by atoms with van der Waals surface area (Å²) in [5.41, 5.74) is 10.7. The number of benzene rings is 5. The van der Waals surface area contributed by atoms with Crippen molar-refractivity contribution in [2.75, 3.05) is 0 Å². The molecule has 6 heteroatoms. The average Bonchev–Trinajstić information content (AvgIpc) is 3.76. The summed E-state index contributed by atoms with van der Waals surface area (Å²) >= 11 is 0. The van der Waals surface area contributed by atoms with E-state index in [1.165, 1.54) is 0 Å². The van der Waals surface area contributed by atoms with E-state index in [1.807, 2.05) is 42.9 Å². The molecular weight excluding hydrogens is 639 g/mol. The number of rotatable bonds is 1. The molecule has 2 aliphatic carbocycles. The van der Waals surface area contributed by atoms with Crippen molar-refractivity contribution in [2.24, 2.45) is 0 Å². The van der Waals surface area contributed by atoms with Gasteiger partial charge in [0.05, 0.1) is 27.6 Å². The fourth-order valence-corrected chi connectivity index (χ4v) is 8.54. The van der Waals surface area contributed by atoms with Crippen molar-refractivity contribution in [2.45, 2.75) is 0 Å². The smallest absolute Gasteiger partial charge is 0.307 e. The molecule has 5 aromatic heterocycles. The second kappa shape index (κ2) is 10.2. The van der Waals surface area contributed by atoms with Crippen molar-refractivity contribution < 1.29 is 4.42 Å². The van der Waals surface area contributed by atoms with Gasteiger partial charge in [-0.25, -0.2) is 0 Å². The van der Waals surface area contributed by atoms with Gasteiger partial charge in [0.2, 0.25) is 0 Å². The van der Waals surface area contributed by atoms with Crippen LogP contribution in [0.3, 0.4) is 0 Å². The fraction of sp³-hybridized carbons (Fsp3) is 0. The molecule has 0 aliphatic heterocycles. The molecule has 0 unspecified atom stereocenters. The van der Waals surface area contributed by atoms with Gasteiger partial charge in [0, 0.05) is 67.8 Å². The fourth-order valence-electron chi connectivity index (χ4n) is 8.54. The van der Waals surface area contributed by atoms with Crippen molar-refractivity contribution in [3.63, 3.8) is 0 Å². The van der Waals surface area contributed by atoms with E-state index < -0.39 is 0 Å². The molecule has 6 nitrogen and oxygen atoms in total. The van der Waals surface area contributed by atoms with Crippen molar-refractivity contribution in [1.82, 2.24) is 24.3 Å². The molecule has 5 heterocycles. The quantitative estimate of drug-likeness (QED) is 0.175. The number of oxazole rings is 1. The number of pyridine rings is 3. The number of para-hydroxylation sites is 3. The lowest BCUT2D eigenvalue weighted by molar-refractivity contribution is 0.643. The molecule has 0 atom stereocenters. The Morgan fingerprint density at radius 1 is 0.423 bits per heavy atom. The maximum Gasteiger partial charge on any atom is 0.307 e. The monoisotopic (exact) mass is 663 g/mol. The van der Waals surface area contributed by atoms with Gasteiger partial charge in [0.15, 0.2) is 5.58 Å². The number of nitrogens with zero attached hydrogens (tertiary/aromatic N) is 5. The second-order valence-electron chi connectivity index (χ2n) is 13.4. The zero-order valence-electron chi connectivity index (χ0n) is 27.6. The average molecular weight is 664 g/mol. The first-order chi connectivity index (χ1) is 25.8. The molecule has 2 aliphatic rings. The Balaban J connectivity index is 1.31. The number of hydrogen-bond donors (Lipinski definition) is 0. The minimum Gasteiger partial charge on any atom is -0.423 e. The van der Waals surface area contributed by atoms with Crippen molar-refractivity contribution in [3.05, 3.63) is 152 Å². The van der Waals surface area contributed by atoms with E-state index in [0.29, 0.717) is 5.84 Å². The molecule has 0 bridgehead atoms. The van der Waals surface area contributed by atoms with Gasteiger partial charge in [-0.3, -0.25) is 19.4 Å². The van der Waals surface area contributed by atoms with Crippen LogP contribution in [0.25, 0.3) is 115 Å². The Labute approximate surface area is 295 Å². The van der Waals surface area contributed by atoms with Crippen molar-refractivity contribution in [3.8, 4) is 22.3 Å². The Morgan fingerprint density at radius 3 is 1.92 bits per heavy atom. The molecule has 12 rings (SSSR count). The maximum absolute atomic E-state index is 6.20. The van der Waals surface area contributed by atoms with Crippen LogP contribution in [-0.4, -0.2) is 24.3 Å². The molecule has 5 aromatic carbocycles. The highest BCUT2D eigenvalue weighted by atomic mass is 16.4. The summed E-state index contributed by atoms with van der Waals surface area (Å²) in [5.74, 6) is 0.574. The first kappa shape index (κ1) is 27.6. The molecule has 0 saturated heterocycles. The highest BCUT2D eigenvalue weighted by molar-refractivity contribution is 6.30. The molecule has 0 spiro atoms. The number of aromatic nitrogens is 5. The Morgan fingerprint density at radius 2 is 1.04 bits per heavy atom. The first-order valence-corrected chi connectivity index (χ1v) is 17.4. The van der Waals surface area contributed by atoms with Crippen LogP contribution in [-0.2, 0) is 0 Å². The van der Waals surface area contributed by atoms with Gasteiger partial charge in [-0.15, -0.1) is 0 Å². The lowest BCUT2D eigenvalue weighted by Crippen LogP contribution is -1.94. The zero-order valence-corrected chi connectivity index (χ0v) is 27.6. The van der Waals surface area contributed by atoms with Gasteiger partial charge in [-0.1, -0.05) is 97.1 Å². The summed E-state index contributed by atoms with van der Waals surface area (Å²) in [4.78, 5) is 20.5. The normalized spacial score (nSPS) is 12.2. The van der Waals surface area contributed by atoms with Crippen LogP contribution in [0.5, 0.6) is 0 Å². The molecular formula is C46H25N5O. The minimum absolute atomic E-state index is 0.574. The Bertz CT molecular complexity index is 3490. The number of fused-ring (bicyclic) bond motifs is 15. The molecule has 52 heavy (non-hydrogen) atoms. The number of imidazole rings is 1. The first-order valence-electron chi connectivity index (χ1n) is 17.4.